The molecule has 2 aromatic rings. The van der Waals surface area contributed by atoms with Crippen LogP contribution in [0.5, 0.6) is 11.5 Å². The van der Waals surface area contributed by atoms with Gasteiger partial charge in [-0.1, -0.05) is 11.6 Å². The second-order valence-electron chi connectivity index (χ2n) is 4.44. The third kappa shape index (κ3) is 4.06. The largest absolute Gasteiger partial charge is 0.493 e. The molecule has 0 spiro atoms. The Balaban J connectivity index is 2.19. The minimum atomic E-state index is -0.404. The Morgan fingerprint density at radius 1 is 1.24 bits per heavy atom. The van der Waals surface area contributed by atoms with Crippen LogP contribution in [-0.4, -0.2) is 19.1 Å². The van der Waals surface area contributed by atoms with Crippen molar-refractivity contribution in [1.29, 1.82) is 0 Å². The minimum Gasteiger partial charge on any atom is -0.493 e. The smallest absolute Gasteiger partial charge is 0.180 e. The average Bonchev–Trinajstić information content (AvgIpc) is 2.46. The van der Waals surface area contributed by atoms with Gasteiger partial charge in [-0.3, -0.25) is 4.98 Å². The fourth-order valence-electron chi connectivity index (χ4n) is 1.91. The molecule has 0 bridgehead atoms. The average molecular weight is 311 g/mol. The van der Waals surface area contributed by atoms with Gasteiger partial charge < -0.3 is 14.8 Å². The molecule has 1 aromatic carbocycles. The number of ether oxygens (including phenoxy) is 2. The van der Waals surface area contributed by atoms with E-state index in [2.05, 4.69) is 10.3 Å². The maximum Gasteiger partial charge on any atom is 0.180 e. The molecule has 0 fully saturated rings. The van der Waals surface area contributed by atoms with Gasteiger partial charge in [-0.25, -0.2) is 4.39 Å². The zero-order valence-electron chi connectivity index (χ0n) is 11.8. The first-order chi connectivity index (χ1) is 10.1. The molecular formula is C15H16ClFN2O2. The summed E-state index contributed by atoms with van der Waals surface area (Å²) >= 11 is 6.22. The summed E-state index contributed by atoms with van der Waals surface area (Å²) in [5.74, 6) is 0.568. The summed E-state index contributed by atoms with van der Waals surface area (Å²) in [5, 5.41) is 3.49. The number of pyridine rings is 1. The van der Waals surface area contributed by atoms with Gasteiger partial charge in [0.15, 0.2) is 11.5 Å². The normalized spacial score (nSPS) is 10.5. The maximum atomic E-state index is 13.1. The molecular weight excluding hydrogens is 295 g/mol. The number of hydrogen-bond donors (Lipinski definition) is 1. The Bertz CT molecular complexity index is 623. The van der Waals surface area contributed by atoms with E-state index in [0.717, 1.165) is 11.8 Å². The van der Waals surface area contributed by atoms with Gasteiger partial charge in [0.25, 0.3) is 0 Å². The Morgan fingerprint density at radius 2 is 2.05 bits per heavy atom. The van der Waals surface area contributed by atoms with Gasteiger partial charge in [0.1, 0.15) is 12.4 Å². The Hall–Kier alpha value is -1.85. The van der Waals surface area contributed by atoms with Crippen molar-refractivity contribution >= 4 is 11.6 Å². The second kappa shape index (κ2) is 7.24. The van der Waals surface area contributed by atoms with Crippen LogP contribution in [0.25, 0.3) is 0 Å². The number of aromatic nitrogens is 1. The number of hydrogen-bond acceptors (Lipinski definition) is 4. The topological polar surface area (TPSA) is 43.4 Å². The highest BCUT2D eigenvalue weighted by Crippen LogP contribution is 2.36. The summed E-state index contributed by atoms with van der Waals surface area (Å²) < 4.78 is 24.0. The molecule has 21 heavy (non-hydrogen) atoms. The molecule has 0 aliphatic heterocycles. The maximum absolute atomic E-state index is 13.1. The van der Waals surface area contributed by atoms with E-state index in [1.54, 1.807) is 19.4 Å². The number of nitrogens with one attached hydrogen (secondary N) is 1. The number of halogens is 2. The summed E-state index contributed by atoms with van der Waals surface area (Å²) in [6.07, 6.45) is 2.68. The van der Waals surface area contributed by atoms with Crippen LogP contribution in [0, 0.1) is 5.82 Å². The molecule has 4 nitrogen and oxygen atoms in total. The van der Waals surface area contributed by atoms with E-state index in [4.69, 9.17) is 21.1 Å². The fraction of sp³-hybridized carbons (Fsp3) is 0.267. The summed E-state index contributed by atoms with van der Waals surface area (Å²) in [4.78, 5) is 3.77. The van der Waals surface area contributed by atoms with Gasteiger partial charge in [-0.2, -0.15) is 0 Å². The Labute approximate surface area is 127 Å². The van der Waals surface area contributed by atoms with Gasteiger partial charge in [0.2, 0.25) is 0 Å². The lowest BCUT2D eigenvalue weighted by Gasteiger charge is -2.14. The summed E-state index contributed by atoms with van der Waals surface area (Å²) in [6.45, 7) is 0.830. The molecule has 0 unspecified atom stereocenters. The van der Waals surface area contributed by atoms with Crippen LogP contribution in [0.4, 0.5) is 4.39 Å². The zero-order valence-corrected chi connectivity index (χ0v) is 12.6. The van der Waals surface area contributed by atoms with E-state index in [9.17, 15) is 4.39 Å². The predicted octanol–water partition coefficient (Wildman–Crippen LogP) is 3.18. The van der Waals surface area contributed by atoms with Crippen LogP contribution in [0.1, 0.15) is 11.1 Å². The first kappa shape index (κ1) is 15.5. The molecule has 0 aliphatic rings. The molecule has 0 amide bonds. The number of benzene rings is 1. The SMILES string of the molecule is CNCc1cc(Cl)c(OCc2cncc(F)c2)c(OC)c1. The summed E-state index contributed by atoms with van der Waals surface area (Å²) in [7, 11) is 3.40. The van der Waals surface area contributed by atoms with E-state index in [0.29, 0.717) is 28.6 Å². The van der Waals surface area contributed by atoms with Gasteiger partial charge in [-0.05, 0) is 30.8 Å². The zero-order chi connectivity index (χ0) is 15.2. The van der Waals surface area contributed by atoms with Crippen LogP contribution < -0.4 is 14.8 Å². The molecule has 2 rings (SSSR count). The van der Waals surface area contributed by atoms with Crippen molar-refractivity contribution in [3.8, 4) is 11.5 Å². The van der Waals surface area contributed by atoms with Crippen LogP contribution in [0.2, 0.25) is 5.02 Å². The van der Waals surface area contributed by atoms with E-state index in [1.165, 1.54) is 6.07 Å². The van der Waals surface area contributed by atoms with Crippen LogP contribution >= 0.6 is 11.6 Å². The molecule has 1 heterocycles. The Morgan fingerprint density at radius 3 is 2.71 bits per heavy atom. The molecule has 0 atom stereocenters. The predicted molar refractivity (Wildman–Crippen MR) is 79.3 cm³/mol. The molecule has 112 valence electrons. The third-order valence-electron chi connectivity index (χ3n) is 2.81. The monoisotopic (exact) mass is 310 g/mol. The highest BCUT2D eigenvalue weighted by atomic mass is 35.5. The van der Waals surface area contributed by atoms with E-state index >= 15 is 0 Å². The van der Waals surface area contributed by atoms with Crippen LogP contribution in [-0.2, 0) is 13.2 Å². The van der Waals surface area contributed by atoms with Gasteiger partial charge in [0, 0.05) is 18.3 Å². The number of methoxy groups -OCH3 is 1. The van der Waals surface area contributed by atoms with Gasteiger partial charge >= 0.3 is 0 Å². The first-order valence-corrected chi connectivity index (χ1v) is 6.75. The number of rotatable bonds is 6. The van der Waals surface area contributed by atoms with Crippen molar-refractivity contribution in [2.75, 3.05) is 14.2 Å². The van der Waals surface area contributed by atoms with E-state index < -0.39 is 5.82 Å². The lowest BCUT2D eigenvalue weighted by atomic mass is 10.2. The second-order valence-corrected chi connectivity index (χ2v) is 4.85. The van der Waals surface area contributed by atoms with Crippen molar-refractivity contribution < 1.29 is 13.9 Å². The van der Waals surface area contributed by atoms with Crippen molar-refractivity contribution in [1.82, 2.24) is 10.3 Å². The van der Waals surface area contributed by atoms with Gasteiger partial charge in [0.05, 0.1) is 18.3 Å². The molecule has 0 aliphatic carbocycles. The van der Waals surface area contributed by atoms with Crippen LogP contribution in [0.3, 0.4) is 0 Å². The lowest BCUT2D eigenvalue weighted by molar-refractivity contribution is 0.283. The first-order valence-electron chi connectivity index (χ1n) is 6.37. The quantitative estimate of drug-likeness (QED) is 0.890. The highest BCUT2D eigenvalue weighted by molar-refractivity contribution is 6.32. The summed E-state index contributed by atoms with van der Waals surface area (Å²) in [5.41, 5.74) is 1.60. The third-order valence-corrected chi connectivity index (χ3v) is 3.10. The lowest BCUT2D eigenvalue weighted by Crippen LogP contribution is -2.06. The van der Waals surface area contributed by atoms with Gasteiger partial charge in [-0.15, -0.1) is 0 Å². The molecule has 0 radical (unpaired) electrons. The van der Waals surface area contributed by atoms with E-state index in [-0.39, 0.29) is 6.61 Å². The Kier molecular flexibility index (Phi) is 5.36. The summed E-state index contributed by atoms with van der Waals surface area (Å²) in [6, 6.07) is 5.02. The molecule has 1 aromatic heterocycles. The molecule has 0 saturated heterocycles. The molecule has 0 saturated carbocycles. The van der Waals surface area contributed by atoms with Crippen molar-refractivity contribution in [3.05, 3.63) is 52.6 Å². The van der Waals surface area contributed by atoms with Crippen molar-refractivity contribution in [2.24, 2.45) is 0 Å². The minimum absolute atomic E-state index is 0.159. The number of nitrogens with zero attached hydrogens (tertiary/aromatic N) is 1. The van der Waals surface area contributed by atoms with Crippen LogP contribution in [0.15, 0.2) is 30.6 Å². The van der Waals surface area contributed by atoms with E-state index in [1.807, 2.05) is 13.1 Å². The van der Waals surface area contributed by atoms with Crippen molar-refractivity contribution in [2.45, 2.75) is 13.2 Å². The highest BCUT2D eigenvalue weighted by Gasteiger charge is 2.12. The standard InChI is InChI=1S/C15H16ClFN2O2/c1-18-6-10-4-13(16)15(14(5-10)20-2)21-9-11-3-12(17)8-19-7-11/h3-5,7-8,18H,6,9H2,1-2H3. The molecule has 6 heteroatoms. The molecule has 1 N–H and O–H groups in total. The fourth-order valence-corrected chi connectivity index (χ4v) is 2.20. The van der Waals surface area contributed by atoms with Crippen molar-refractivity contribution in [3.63, 3.8) is 0 Å².